The number of benzene rings is 2. The lowest BCUT2D eigenvalue weighted by Crippen LogP contribution is -2.46. The van der Waals surface area contributed by atoms with Crippen molar-refractivity contribution in [3.63, 3.8) is 0 Å². The Kier molecular flexibility index (Phi) is 6.95. The van der Waals surface area contributed by atoms with Crippen molar-refractivity contribution in [2.75, 3.05) is 11.5 Å². The Labute approximate surface area is 185 Å². The molecule has 9 heteroatoms. The van der Waals surface area contributed by atoms with Gasteiger partial charge < -0.3 is 9.64 Å². The second-order valence-corrected chi connectivity index (χ2v) is 10.4. The van der Waals surface area contributed by atoms with Gasteiger partial charge in [-0.15, -0.1) is 0 Å². The van der Waals surface area contributed by atoms with E-state index in [1.54, 1.807) is 25.1 Å². The average Bonchev–Trinajstić information content (AvgIpc) is 3.03. The van der Waals surface area contributed by atoms with Crippen LogP contribution in [0.2, 0.25) is 10.0 Å². The van der Waals surface area contributed by atoms with Crippen molar-refractivity contribution in [3.05, 3.63) is 63.4 Å². The first-order valence-electron chi connectivity index (χ1n) is 9.44. The maximum absolute atomic E-state index is 14.4. The molecule has 3 rings (SSSR count). The van der Waals surface area contributed by atoms with E-state index in [0.717, 1.165) is 5.56 Å². The molecule has 1 aliphatic rings. The van der Waals surface area contributed by atoms with Crippen molar-refractivity contribution in [2.45, 2.75) is 39.0 Å². The Hall–Kier alpha value is -1.83. The Balaban J connectivity index is 1.86. The highest BCUT2D eigenvalue weighted by Gasteiger charge is 2.37. The lowest BCUT2D eigenvalue weighted by molar-refractivity contribution is -0.140. The fourth-order valence-corrected chi connectivity index (χ4v) is 5.51. The quantitative estimate of drug-likeness (QED) is 0.622. The molecule has 1 heterocycles. The highest BCUT2D eigenvalue weighted by atomic mass is 35.5. The number of carbonyl (C=O) groups is 1. The summed E-state index contributed by atoms with van der Waals surface area (Å²) < 4.78 is 44.1. The van der Waals surface area contributed by atoms with Gasteiger partial charge in [0.25, 0.3) is 5.91 Å². The fraction of sp³-hybridized carbons (Fsp3) is 0.381. The Bertz CT molecular complexity index is 1040. The molecule has 2 aromatic rings. The lowest BCUT2D eigenvalue weighted by Gasteiger charge is -2.31. The number of hydrogen-bond acceptors (Lipinski definition) is 4. The third-order valence-electron chi connectivity index (χ3n) is 5.11. The first kappa shape index (κ1) is 22.8. The van der Waals surface area contributed by atoms with Crippen LogP contribution in [-0.2, 0) is 21.2 Å². The molecular weight excluding hydrogens is 452 g/mol. The molecule has 0 N–H and O–H groups in total. The summed E-state index contributed by atoms with van der Waals surface area (Å²) in [6, 6.07) is 8.72. The van der Waals surface area contributed by atoms with Crippen molar-refractivity contribution in [3.8, 4) is 5.75 Å². The minimum atomic E-state index is -3.26. The highest BCUT2D eigenvalue weighted by molar-refractivity contribution is 7.91. The molecule has 30 heavy (non-hydrogen) atoms. The molecule has 2 aromatic carbocycles. The van der Waals surface area contributed by atoms with Crippen LogP contribution < -0.4 is 4.74 Å². The Morgan fingerprint density at radius 2 is 2.00 bits per heavy atom. The molecule has 2 atom stereocenters. The van der Waals surface area contributed by atoms with Crippen molar-refractivity contribution in [1.29, 1.82) is 0 Å². The number of halogens is 3. The van der Waals surface area contributed by atoms with Gasteiger partial charge in [0.15, 0.2) is 15.9 Å². The van der Waals surface area contributed by atoms with Crippen molar-refractivity contribution < 1.29 is 22.3 Å². The van der Waals surface area contributed by atoms with E-state index in [9.17, 15) is 17.6 Å². The van der Waals surface area contributed by atoms with E-state index in [4.69, 9.17) is 27.9 Å². The number of carbonyl (C=O) groups excluding carboxylic acids is 1. The van der Waals surface area contributed by atoms with Crippen LogP contribution in [0.1, 0.15) is 24.5 Å². The SMILES string of the molecule is Cc1cc(OC(C)C(=O)N(Cc2c(F)cccc2Cl)C2CCS(=O)(=O)C2)ccc1Cl. The van der Waals surface area contributed by atoms with Crippen LogP contribution in [0.25, 0.3) is 0 Å². The maximum atomic E-state index is 14.4. The number of hydrogen-bond donors (Lipinski definition) is 0. The summed E-state index contributed by atoms with van der Waals surface area (Å²) in [6.07, 6.45) is -0.633. The van der Waals surface area contributed by atoms with Gasteiger partial charge >= 0.3 is 0 Å². The third kappa shape index (κ3) is 5.25. The van der Waals surface area contributed by atoms with E-state index in [0.29, 0.717) is 10.8 Å². The Morgan fingerprint density at radius 1 is 1.27 bits per heavy atom. The summed E-state index contributed by atoms with van der Waals surface area (Å²) in [6.45, 7) is 3.25. The molecule has 162 valence electrons. The number of aryl methyl sites for hydroxylation is 1. The predicted octanol–water partition coefficient (Wildman–Crippen LogP) is 4.42. The molecule has 1 aliphatic heterocycles. The number of nitrogens with zero attached hydrogens (tertiary/aromatic N) is 1. The minimum Gasteiger partial charge on any atom is -0.481 e. The summed E-state index contributed by atoms with van der Waals surface area (Å²) in [5.41, 5.74) is 0.942. The maximum Gasteiger partial charge on any atom is 0.263 e. The molecule has 0 radical (unpaired) electrons. The van der Waals surface area contributed by atoms with Gasteiger partial charge in [-0.1, -0.05) is 29.3 Å². The molecule has 1 amide bonds. The van der Waals surface area contributed by atoms with Crippen LogP contribution in [0.5, 0.6) is 5.75 Å². The summed E-state index contributed by atoms with van der Waals surface area (Å²) in [5.74, 6) is -0.719. The normalized spacial score (nSPS) is 18.8. The van der Waals surface area contributed by atoms with Crippen LogP contribution in [0.3, 0.4) is 0 Å². The van der Waals surface area contributed by atoms with Gasteiger partial charge in [-0.3, -0.25) is 4.79 Å². The van der Waals surface area contributed by atoms with Gasteiger partial charge in [-0.05, 0) is 56.2 Å². The molecule has 0 bridgehead atoms. The van der Waals surface area contributed by atoms with E-state index in [-0.39, 0.29) is 35.1 Å². The number of amides is 1. The average molecular weight is 474 g/mol. The standard InChI is InChI=1S/C21H22Cl2FNO4S/c1-13-10-16(6-7-18(13)22)29-14(2)21(26)25(15-8-9-30(27,28)12-15)11-17-19(23)4-3-5-20(17)24/h3-7,10,14-15H,8-9,11-12H2,1-2H3. The van der Waals surface area contributed by atoms with Gasteiger partial charge in [0.1, 0.15) is 11.6 Å². The molecule has 0 aliphatic carbocycles. The summed E-state index contributed by atoms with van der Waals surface area (Å²) in [5, 5.41) is 0.754. The van der Waals surface area contributed by atoms with Crippen molar-refractivity contribution in [2.24, 2.45) is 0 Å². The zero-order chi connectivity index (χ0) is 22.1. The van der Waals surface area contributed by atoms with E-state index in [1.165, 1.54) is 23.1 Å². The van der Waals surface area contributed by atoms with Crippen molar-refractivity contribution >= 4 is 38.9 Å². The lowest BCUT2D eigenvalue weighted by atomic mass is 10.1. The van der Waals surface area contributed by atoms with Gasteiger partial charge in [0.2, 0.25) is 0 Å². The molecule has 0 aromatic heterocycles. The van der Waals surface area contributed by atoms with Gasteiger partial charge in [0, 0.05) is 21.7 Å². The first-order valence-corrected chi connectivity index (χ1v) is 12.0. The van der Waals surface area contributed by atoms with Crippen LogP contribution in [0.15, 0.2) is 36.4 Å². The van der Waals surface area contributed by atoms with E-state index >= 15 is 0 Å². The van der Waals surface area contributed by atoms with Gasteiger partial charge in [-0.25, -0.2) is 12.8 Å². The zero-order valence-electron chi connectivity index (χ0n) is 16.6. The molecule has 1 fully saturated rings. The van der Waals surface area contributed by atoms with E-state index < -0.39 is 33.7 Å². The first-order chi connectivity index (χ1) is 14.1. The molecule has 0 spiro atoms. The van der Waals surface area contributed by atoms with Crippen LogP contribution in [0.4, 0.5) is 4.39 Å². The molecular formula is C21H22Cl2FNO4S. The van der Waals surface area contributed by atoms with E-state index in [2.05, 4.69) is 0 Å². The zero-order valence-corrected chi connectivity index (χ0v) is 18.9. The number of ether oxygens (including phenoxy) is 1. The second kappa shape index (κ2) is 9.12. The van der Waals surface area contributed by atoms with E-state index in [1.807, 2.05) is 6.92 Å². The summed E-state index contributed by atoms with van der Waals surface area (Å²) >= 11 is 12.2. The van der Waals surface area contributed by atoms with Crippen LogP contribution in [0, 0.1) is 12.7 Å². The van der Waals surface area contributed by atoms with Crippen LogP contribution in [-0.4, -0.2) is 42.9 Å². The highest BCUT2D eigenvalue weighted by Crippen LogP contribution is 2.27. The molecule has 5 nitrogen and oxygen atoms in total. The number of sulfone groups is 1. The molecule has 2 unspecified atom stereocenters. The predicted molar refractivity (Wildman–Crippen MR) is 115 cm³/mol. The fourth-order valence-electron chi connectivity index (χ4n) is 3.44. The summed E-state index contributed by atoms with van der Waals surface area (Å²) in [7, 11) is -3.26. The van der Waals surface area contributed by atoms with Gasteiger partial charge in [-0.2, -0.15) is 0 Å². The Morgan fingerprint density at radius 3 is 2.60 bits per heavy atom. The largest absolute Gasteiger partial charge is 0.481 e. The smallest absolute Gasteiger partial charge is 0.263 e. The second-order valence-electron chi connectivity index (χ2n) is 7.39. The molecule has 0 saturated carbocycles. The summed E-state index contributed by atoms with van der Waals surface area (Å²) in [4.78, 5) is 14.6. The minimum absolute atomic E-state index is 0.0158. The monoisotopic (exact) mass is 473 g/mol. The molecule has 1 saturated heterocycles. The van der Waals surface area contributed by atoms with Gasteiger partial charge in [0.05, 0.1) is 18.1 Å². The topological polar surface area (TPSA) is 63.7 Å². The van der Waals surface area contributed by atoms with Crippen molar-refractivity contribution in [1.82, 2.24) is 4.90 Å². The van der Waals surface area contributed by atoms with Crippen LogP contribution >= 0.6 is 23.2 Å². The number of rotatable bonds is 6. The third-order valence-corrected chi connectivity index (χ3v) is 7.64.